The Kier molecular flexibility index (Phi) is 2.96. The SMILES string of the molecule is CCC1CCN(c2cccc3c2NCCC3)C1. The molecule has 2 heteroatoms. The molecule has 2 heterocycles. The van der Waals surface area contributed by atoms with Crippen molar-refractivity contribution in [2.45, 2.75) is 32.6 Å². The van der Waals surface area contributed by atoms with Gasteiger partial charge < -0.3 is 10.2 Å². The van der Waals surface area contributed by atoms with Crippen molar-refractivity contribution in [2.24, 2.45) is 5.92 Å². The van der Waals surface area contributed by atoms with Crippen LogP contribution in [-0.2, 0) is 6.42 Å². The molecule has 0 bridgehead atoms. The molecule has 0 aliphatic carbocycles. The summed E-state index contributed by atoms with van der Waals surface area (Å²) in [6.07, 6.45) is 5.19. The van der Waals surface area contributed by atoms with Crippen LogP contribution in [0.3, 0.4) is 0 Å². The lowest BCUT2D eigenvalue weighted by Gasteiger charge is -2.27. The molecule has 1 aromatic rings. The van der Waals surface area contributed by atoms with Gasteiger partial charge in [0.05, 0.1) is 11.4 Å². The lowest BCUT2D eigenvalue weighted by molar-refractivity contribution is 0.569. The monoisotopic (exact) mass is 230 g/mol. The fourth-order valence-electron chi connectivity index (χ4n) is 3.14. The highest BCUT2D eigenvalue weighted by atomic mass is 15.2. The molecule has 1 unspecified atom stereocenters. The van der Waals surface area contributed by atoms with E-state index in [1.807, 2.05) is 0 Å². The summed E-state index contributed by atoms with van der Waals surface area (Å²) in [5, 5.41) is 3.60. The van der Waals surface area contributed by atoms with Gasteiger partial charge in [-0.05, 0) is 36.8 Å². The second kappa shape index (κ2) is 4.59. The first-order valence-electron chi connectivity index (χ1n) is 6.99. The molecule has 2 nitrogen and oxygen atoms in total. The minimum absolute atomic E-state index is 0.898. The number of para-hydroxylation sites is 1. The number of nitrogens with zero attached hydrogens (tertiary/aromatic N) is 1. The topological polar surface area (TPSA) is 15.3 Å². The van der Waals surface area contributed by atoms with E-state index >= 15 is 0 Å². The maximum Gasteiger partial charge on any atom is 0.0610 e. The van der Waals surface area contributed by atoms with Gasteiger partial charge in [0.15, 0.2) is 0 Å². The van der Waals surface area contributed by atoms with E-state index in [1.165, 1.54) is 55.7 Å². The van der Waals surface area contributed by atoms with E-state index in [2.05, 4.69) is 35.3 Å². The maximum absolute atomic E-state index is 3.60. The third-order valence-electron chi connectivity index (χ3n) is 4.26. The summed E-state index contributed by atoms with van der Waals surface area (Å²) in [6, 6.07) is 6.79. The number of aryl methyl sites for hydroxylation is 1. The molecule has 1 N–H and O–H groups in total. The molecule has 1 saturated heterocycles. The third-order valence-corrected chi connectivity index (χ3v) is 4.26. The second-order valence-electron chi connectivity index (χ2n) is 5.35. The Balaban J connectivity index is 1.88. The largest absolute Gasteiger partial charge is 0.383 e. The molecule has 0 saturated carbocycles. The molecule has 1 aromatic carbocycles. The first kappa shape index (κ1) is 10.9. The van der Waals surface area contributed by atoms with Gasteiger partial charge in [0.25, 0.3) is 0 Å². The van der Waals surface area contributed by atoms with Crippen molar-refractivity contribution in [2.75, 3.05) is 29.9 Å². The fourth-order valence-corrected chi connectivity index (χ4v) is 3.14. The van der Waals surface area contributed by atoms with Gasteiger partial charge in [-0.3, -0.25) is 0 Å². The molecule has 2 aliphatic rings. The number of anilines is 2. The van der Waals surface area contributed by atoms with Gasteiger partial charge in [-0.2, -0.15) is 0 Å². The van der Waals surface area contributed by atoms with Crippen molar-refractivity contribution in [1.82, 2.24) is 0 Å². The zero-order chi connectivity index (χ0) is 11.7. The Bertz CT molecular complexity index is 400. The van der Waals surface area contributed by atoms with Gasteiger partial charge in [0.2, 0.25) is 0 Å². The number of hydrogen-bond donors (Lipinski definition) is 1. The maximum atomic E-state index is 3.60. The number of nitrogens with one attached hydrogen (secondary N) is 1. The van der Waals surface area contributed by atoms with E-state index in [1.54, 1.807) is 0 Å². The normalized spacial score (nSPS) is 23.4. The van der Waals surface area contributed by atoms with Gasteiger partial charge in [-0.1, -0.05) is 25.5 Å². The van der Waals surface area contributed by atoms with Gasteiger partial charge in [-0.15, -0.1) is 0 Å². The fraction of sp³-hybridized carbons (Fsp3) is 0.600. The Morgan fingerprint density at radius 3 is 3.18 bits per heavy atom. The van der Waals surface area contributed by atoms with Crippen molar-refractivity contribution in [3.8, 4) is 0 Å². The Morgan fingerprint density at radius 1 is 1.41 bits per heavy atom. The van der Waals surface area contributed by atoms with Crippen molar-refractivity contribution in [1.29, 1.82) is 0 Å². The van der Waals surface area contributed by atoms with E-state index in [0.717, 1.165) is 12.5 Å². The smallest absolute Gasteiger partial charge is 0.0610 e. The molecule has 2 aliphatic heterocycles. The van der Waals surface area contributed by atoms with Crippen LogP contribution in [0.1, 0.15) is 31.7 Å². The number of hydrogen-bond acceptors (Lipinski definition) is 2. The van der Waals surface area contributed by atoms with Crippen LogP contribution < -0.4 is 10.2 Å². The summed E-state index contributed by atoms with van der Waals surface area (Å²) in [5.74, 6) is 0.898. The van der Waals surface area contributed by atoms with Crippen molar-refractivity contribution in [3.05, 3.63) is 23.8 Å². The molecule has 3 rings (SSSR count). The lowest BCUT2D eigenvalue weighted by atomic mass is 10.0. The molecule has 0 aromatic heterocycles. The predicted molar refractivity (Wildman–Crippen MR) is 73.9 cm³/mol. The zero-order valence-corrected chi connectivity index (χ0v) is 10.7. The van der Waals surface area contributed by atoms with Gasteiger partial charge >= 0.3 is 0 Å². The van der Waals surface area contributed by atoms with E-state index in [0.29, 0.717) is 0 Å². The first-order chi connectivity index (χ1) is 8.38. The van der Waals surface area contributed by atoms with E-state index in [-0.39, 0.29) is 0 Å². The molecule has 1 fully saturated rings. The molecule has 92 valence electrons. The minimum Gasteiger partial charge on any atom is -0.383 e. The van der Waals surface area contributed by atoms with Crippen molar-refractivity contribution < 1.29 is 0 Å². The van der Waals surface area contributed by atoms with Crippen LogP contribution in [0.15, 0.2) is 18.2 Å². The highest BCUT2D eigenvalue weighted by Crippen LogP contribution is 2.35. The Morgan fingerprint density at radius 2 is 2.35 bits per heavy atom. The second-order valence-corrected chi connectivity index (χ2v) is 5.35. The van der Waals surface area contributed by atoms with Gasteiger partial charge in [0.1, 0.15) is 0 Å². The van der Waals surface area contributed by atoms with Crippen LogP contribution in [-0.4, -0.2) is 19.6 Å². The summed E-state index contributed by atoms with van der Waals surface area (Å²) in [5.41, 5.74) is 4.36. The average Bonchev–Trinajstić information content (AvgIpc) is 2.87. The quantitative estimate of drug-likeness (QED) is 0.838. The summed E-state index contributed by atoms with van der Waals surface area (Å²) in [6.45, 7) is 5.92. The summed E-state index contributed by atoms with van der Waals surface area (Å²) < 4.78 is 0. The Hall–Kier alpha value is -1.18. The van der Waals surface area contributed by atoms with Crippen LogP contribution in [0.4, 0.5) is 11.4 Å². The highest BCUT2D eigenvalue weighted by molar-refractivity contribution is 5.74. The first-order valence-corrected chi connectivity index (χ1v) is 6.99. The van der Waals surface area contributed by atoms with E-state index < -0.39 is 0 Å². The molecule has 0 spiro atoms. The van der Waals surface area contributed by atoms with Crippen LogP contribution in [0.25, 0.3) is 0 Å². The van der Waals surface area contributed by atoms with Crippen molar-refractivity contribution in [3.63, 3.8) is 0 Å². The van der Waals surface area contributed by atoms with Gasteiger partial charge in [-0.25, -0.2) is 0 Å². The molecule has 1 atom stereocenters. The number of benzene rings is 1. The molecular weight excluding hydrogens is 208 g/mol. The van der Waals surface area contributed by atoms with Crippen molar-refractivity contribution >= 4 is 11.4 Å². The standard InChI is InChI=1S/C15H22N2/c1-2-12-8-10-17(11-12)14-7-3-5-13-6-4-9-16-15(13)14/h3,5,7,12,16H,2,4,6,8-11H2,1H3. The average molecular weight is 230 g/mol. The molecule has 17 heavy (non-hydrogen) atoms. The number of fused-ring (bicyclic) bond motifs is 1. The summed E-state index contributed by atoms with van der Waals surface area (Å²) in [4.78, 5) is 2.57. The van der Waals surface area contributed by atoms with Crippen LogP contribution >= 0.6 is 0 Å². The minimum atomic E-state index is 0.898. The van der Waals surface area contributed by atoms with E-state index in [4.69, 9.17) is 0 Å². The third kappa shape index (κ3) is 2.01. The lowest BCUT2D eigenvalue weighted by Crippen LogP contribution is -2.23. The number of rotatable bonds is 2. The van der Waals surface area contributed by atoms with Crippen LogP contribution in [0, 0.1) is 5.92 Å². The van der Waals surface area contributed by atoms with Crippen LogP contribution in [0.5, 0.6) is 0 Å². The summed E-state index contributed by atoms with van der Waals surface area (Å²) >= 11 is 0. The predicted octanol–water partition coefficient (Wildman–Crippen LogP) is 3.28. The molecule has 0 radical (unpaired) electrons. The van der Waals surface area contributed by atoms with E-state index in [9.17, 15) is 0 Å². The van der Waals surface area contributed by atoms with Gasteiger partial charge in [0, 0.05) is 19.6 Å². The zero-order valence-electron chi connectivity index (χ0n) is 10.7. The Labute approximate surface area is 104 Å². The highest BCUT2D eigenvalue weighted by Gasteiger charge is 2.24. The van der Waals surface area contributed by atoms with Crippen LogP contribution in [0.2, 0.25) is 0 Å². The summed E-state index contributed by atoms with van der Waals surface area (Å²) in [7, 11) is 0. The molecule has 0 amide bonds. The molecular formula is C15H22N2.